The van der Waals surface area contributed by atoms with Gasteiger partial charge in [0.05, 0.1) is 6.04 Å². The molecule has 0 saturated carbocycles. The molecule has 1 aromatic carbocycles. The van der Waals surface area contributed by atoms with Crippen LogP contribution in [0.25, 0.3) is 0 Å². The van der Waals surface area contributed by atoms with Crippen molar-refractivity contribution in [2.75, 3.05) is 6.54 Å². The molecule has 21 heavy (non-hydrogen) atoms. The van der Waals surface area contributed by atoms with Gasteiger partial charge in [-0.1, -0.05) is 24.3 Å². The first-order valence-corrected chi connectivity index (χ1v) is 7.60. The number of amides is 1. The van der Waals surface area contributed by atoms with E-state index in [9.17, 15) is 4.79 Å². The van der Waals surface area contributed by atoms with Crippen LogP contribution in [-0.2, 0) is 4.74 Å². The molecule has 4 heteroatoms. The minimum Gasteiger partial charge on any atom is -0.444 e. The Labute approximate surface area is 127 Å². The van der Waals surface area contributed by atoms with Gasteiger partial charge in [0, 0.05) is 12.6 Å². The van der Waals surface area contributed by atoms with E-state index in [-0.39, 0.29) is 18.2 Å². The van der Waals surface area contributed by atoms with Gasteiger partial charge in [0.2, 0.25) is 0 Å². The topological polar surface area (TPSA) is 55.6 Å². The van der Waals surface area contributed by atoms with Gasteiger partial charge in [0.1, 0.15) is 5.60 Å². The van der Waals surface area contributed by atoms with E-state index in [1.54, 1.807) is 4.90 Å². The number of rotatable bonds is 1. The van der Waals surface area contributed by atoms with E-state index in [0.717, 1.165) is 24.0 Å². The van der Waals surface area contributed by atoms with E-state index >= 15 is 0 Å². The number of ether oxygens (including phenoxy) is 1. The lowest BCUT2D eigenvalue weighted by Gasteiger charge is -2.41. The Kier molecular flexibility index (Phi) is 4.57. The van der Waals surface area contributed by atoms with E-state index in [4.69, 9.17) is 10.5 Å². The monoisotopic (exact) mass is 290 g/mol. The van der Waals surface area contributed by atoms with Gasteiger partial charge in [-0.25, -0.2) is 4.79 Å². The van der Waals surface area contributed by atoms with E-state index in [0.29, 0.717) is 6.54 Å². The first kappa shape index (κ1) is 15.8. The zero-order valence-electron chi connectivity index (χ0n) is 13.4. The van der Waals surface area contributed by atoms with Crippen molar-refractivity contribution < 1.29 is 9.53 Å². The molecule has 0 bridgehead atoms. The summed E-state index contributed by atoms with van der Waals surface area (Å²) in [6.07, 6.45) is 1.58. The highest BCUT2D eigenvalue weighted by atomic mass is 16.6. The van der Waals surface area contributed by atoms with Crippen molar-refractivity contribution >= 4 is 6.09 Å². The minimum atomic E-state index is -0.491. The summed E-state index contributed by atoms with van der Waals surface area (Å²) in [5.74, 6) is 0. The Hall–Kier alpha value is -1.55. The summed E-state index contributed by atoms with van der Waals surface area (Å²) >= 11 is 0. The molecule has 2 rings (SSSR count). The molecule has 116 valence electrons. The lowest BCUT2D eigenvalue weighted by Crippen LogP contribution is -2.50. The molecule has 1 aliphatic rings. The Bertz CT molecular complexity index is 508. The second-order valence-electron chi connectivity index (χ2n) is 6.78. The summed E-state index contributed by atoms with van der Waals surface area (Å²) in [6.45, 7) is 8.41. The third kappa shape index (κ3) is 3.76. The quantitative estimate of drug-likeness (QED) is 0.862. The Morgan fingerprint density at radius 3 is 2.62 bits per heavy atom. The molecule has 0 spiro atoms. The van der Waals surface area contributed by atoms with Crippen LogP contribution in [0.2, 0.25) is 0 Å². The largest absolute Gasteiger partial charge is 0.444 e. The predicted octanol–water partition coefficient (Wildman–Crippen LogP) is 3.39. The zero-order valence-corrected chi connectivity index (χ0v) is 13.4. The van der Waals surface area contributed by atoms with Gasteiger partial charge < -0.3 is 10.5 Å². The van der Waals surface area contributed by atoms with Crippen LogP contribution < -0.4 is 5.73 Å². The molecule has 1 saturated heterocycles. The molecule has 2 unspecified atom stereocenters. The molecule has 4 nitrogen and oxygen atoms in total. The van der Waals surface area contributed by atoms with E-state index in [1.165, 1.54) is 0 Å². The normalized spacial score (nSPS) is 23.0. The molecular weight excluding hydrogens is 264 g/mol. The molecule has 1 aromatic rings. The first-order valence-electron chi connectivity index (χ1n) is 7.60. The molecule has 1 amide bonds. The minimum absolute atomic E-state index is 0.0487. The Morgan fingerprint density at radius 1 is 1.33 bits per heavy atom. The molecule has 0 aliphatic carbocycles. The molecule has 0 radical (unpaired) electrons. The maximum atomic E-state index is 12.5. The lowest BCUT2D eigenvalue weighted by atomic mass is 9.89. The number of hydrogen-bond donors (Lipinski definition) is 1. The van der Waals surface area contributed by atoms with Crippen LogP contribution >= 0.6 is 0 Å². The van der Waals surface area contributed by atoms with E-state index in [2.05, 4.69) is 19.1 Å². The smallest absolute Gasteiger partial charge is 0.410 e. The average molecular weight is 290 g/mol. The summed E-state index contributed by atoms with van der Waals surface area (Å²) in [5.41, 5.74) is 8.11. The number of hydrogen-bond acceptors (Lipinski definition) is 3. The van der Waals surface area contributed by atoms with Gasteiger partial charge in [-0.2, -0.15) is 0 Å². The summed E-state index contributed by atoms with van der Waals surface area (Å²) in [5, 5.41) is 0. The SMILES string of the molecule is Cc1ccccc1C1C(N)CCCN1C(=O)OC(C)(C)C. The predicted molar refractivity (Wildman–Crippen MR) is 84.1 cm³/mol. The van der Waals surface area contributed by atoms with Crippen molar-refractivity contribution in [3.05, 3.63) is 35.4 Å². The number of benzene rings is 1. The lowest BCUT2D eigenvalue weighted by molar-refractivity contribution is 0.00639. The highest BCUT2D eigenvalue weighted by Crippen LogP contribution is 2.33. The third-order valence-corrected chi connectivity index (χ3v) is 3.81. The maximum Gasteiger partial charge on any atom is 0.410 e. The van der Waals surface area contributed by atoms with Crippen LogP contribution in [0.5, 0.6) is 0 Å². The van der Waals surface area contributed by atoms with Gasteiger partial charge in [0.15, 0.2) is 0 Å². The molecule has 0 aromatic heterocycles. The average Bonchev–Trinajstić information content (AvgIpc) is 2.37. The van der Waals surface area contributed by atoms with Crippen LogP contribution in [0.15, 0.2) is 24.3 Å². The molecule has 2 atom stereocenters. The number of carbonyl (C=O) groups excluding carboxylic acids is 1. The van der Waals surface area contributed by atoms with Crippen molar-refractivity contribution in [3.63, 3.8) is 0 Å². The molecule has 1 fully saturated rings. The van der Waals surface area contributed by atoms with Crippen molar-refractivity contribution in [1.82, 2.24) is 4.90 Å². The summed E-state index contributed by atoms with van der Waals surface area (Å²) in [7, 11) is 0. The second-order valence-corrected chi connectivity index (χ2v) is 6.78. The maximum absolute atomic E-state index is 12.5. The fourth-order valence-electron chi connectivity index (χ4n) is 2.87. The van der Waals surface area contributed by atoms with Crippen LogP contribution in [-0.4, -0.2) is 29.2 Å². The van der Waals surface area contributed by atoms with Crippen LogP contribution in [0, 0.1) is 6.92 Å². The summed E-state index contributed by atoms with van der Waals surface area (Å²) in [4.78, 5) is 14.3. The van der Waals surface area contributed by atoms with E-state index < -0.39 is 5.60 Å². The fraction of sp³-hybridized carbons (Fsp3) is 0.588. The highest BCUT2D eigenvalue weighted by molar-refractivity contribution is 5.69. The van der Waals surface area contributed by atoms with Gasteiger partial charge in [-0.3, -0.25) is 4.90 Å². The van der Waals surface area contributed by atoms with Crippen molar-refractivity contribution in [3.8, 4) is 0 Å². The molecule has 1 aliphatic heterocycles. The van der Waals surface area contributed by atoms with Crippen molar-refractivity contribution in [2.24, 2.45) is 5.73 Å². The first-order chi connectivity index (χ1) is 9.79. The third-order valence-electron chi connectivity index (χ3n) is 3.81. The standard InChI is InChI=1S/C17H26N2O2/c1-12-8-5-6-9-13(12)15-14(18)10-7-11-19(15)16(20)21-17(2,3)4/h5-6,8-9,14-15H,7,10-11,18H2,1-4H3. The molecule has 2 N–H and O–H groups in total. The number of aryl methyl sites for hydroxylation is 1. The van der Waals surface area contributed by atoms with Gasteiger partial charge in [-0.15, -0.1) is 0 Å². The number of piperidine rings is 1. The number of nitrogens with two attached hydrogens (primary N) is 1. The van der Waals surface area contributed by atoms with Gasteiger partial charge in [0.25, 0.3) is 0 Å². The van der Waals surface area contributed by atoms with E-state index in [1.807, 2.05) is 32.9 Å². The zero-order chi connectivity index (χ0) is 15.6. The Morgan fingerprint density at radius 2 is 2.00 bits per heavy atom. The van der Waals surface area contributed by atoms with Crippen LogP contribution in [0.4, 0.5) is 4.79 Å². The molecular formula is C17H26N2O2. The number of carbonyl (C=O) groups is 1. The van der Waals surface area contributed by atoms with Crippen LogP contribution in [0.3, 0.4) is 0 Å². The van der Waals surface area contributed by atoms with Gasteiger partial charge >= 0.3 is 6.09 Å². The number of nitrogens with zero attached hydrogens (tertiary/aromatic N) is 1. The Balaban J connectivity index is 2.30. The summed E-state index contributed by atoms with van der Waals surface area (Å²) < 4.78 is 5.55. The van der Waals surface area contributed by atoms with Crippen molar-refractivity contribution in [2.45, 2.75) is 58.2 Å². The summed E-state index contributed by atoms with van der Waals surface area (Å²) in [6, 6.07) is 7.97. The second kappa shape index (κ2) is 6.06. The van der Waals surface area contributed by atoms with Crippen LogP contribution in [0.1, 0.15) is 50.8 Å². The molecule has 1 heterocycles. The highest BCUT2D eigenvalue weighted by Gasteiger charge is 2.36. The van der Waals surface area contributed by atoms with Crippen molar-refractivity contribution in [1.29, 1.82) is 0 Å². The van der Waals surface area contributed by atoms with Gasteiger partial charge in [-0.05, 0) is 51.7 Å². The number of likely N-dealkylation sites (tertiary alicyclic amines) is 1. The fourth-order valence-corrected chi connectivity index (χ4v) is 2.87.